The fraction of sp³-hybridized carbons (Fsp3) is 0.286. The first kappa shape index (κ1) is 28.9. The zero-order valence-electron chi connectivity index (χ0n) is 21.0. The van der Waals surface area contributed by atoms with Crippen molar-refractivity contribution >= 4 is 23.4 Å². The second kappa shape index (κ2) is 13.2. The first-order chi connectivity index (χ1) is 17.4. The number of ether oxygens (including phenoxy) is 4. The summed E-state index contributed by atoms with van der Waals surface area (Å²) >= 11 is 6.35. The molecule has 4 rings (SSSR count). The van der Waals surface area contributed by atoms with Crippen LogP contribution in [-0.4, -0.2) is 32.6 Å². The van der Waals surface area contributed by atoms with E-state index in [4.69, 9.17) is 30.5 Å². The van der Waals surface area contributed by atoms with Crippen molar-refractivity contribution in [1.29, 1.82) is 0 Å². The SMILES string of the molecule is COc1cccc(CCCC(=O)c2ccc(Oc3cc4c(cc3Cl)C(C(=O)[O-])CCO4)cc2)c1OC.[Na+]. The maximum absolute atomic E-state index is 12.7. The number of hydrogen-bond donors (Lipinski definition) is 0. The number of para-hydroxylation sites is 1. The number of fused-ring (bicyclic) bond motifs is 1. The van der Waals surface area contributed by atoms with Crippen molar-refractivity contribution in [1.82, 2.24) is 0 Å². The van der Waals surface area contributed by atoms with Crippen molar-refractivity contribution in [3.05, 3.63) is 76.3 Å². The van der Waals surface area contributed by atoms with E-state index in [2.05, 4.69) is 0 Å². The minimum atomic E-state index is -1.16. The molecule has 1 aliphatic heterocycles. The van der Waals surface area contributed by atoms with Crippen molar-refractivity contribution in [2.24, 2.45) is 0 Å². The molecule has 0 fully saturated rings. The molecule has 0 radical (unpaired) electrons. The van der Waals surface area contributed by atoms with Crippen LogP contribution in [0.4, 0.5) is 0 Å². The van der Waals surface area contributed by atoms with Crippen LogP contribution < -0.4 is 53.6 Å². The van der Waals surface area contributed by atoms with Crippen LogP contribution in [0.5, 0.6) is 28.7 Å². The Morgan fingerprint density at radius 2 is 1.81 bits per heavy atom. The number of halogens is 1. The van der Waals surface area contributed by atoms with E-state index in [1.54, 1.807) is 50.6 Å². The number of benzene rings is 3. The molecule has 0 aromatic heterocycles. The number of aryl methyl sites for hydroxylation is 1. The number of carboxylic acid groups (broad SMARTS) is 1. The van der Waals surface area contributed by atoms with Gasteiger partial charge >= 0.3 is 29.6 Å². The standard InChI is InChI=1S/C28H27ClO7.Na/c1-33-24-8-4-6-18(27(24)34-2)5-3-7-23(30)17-9-11-19(12-10-17)36-26-16-25-21(15-22(26)29)20(28(31)32)13-14-35-25;/h4,6,8-12,15-16,20H,3,5,7,13-14H2,1-2H3,(H,31,32);/q;+1/p-1. The molecule has 1 heterocycles. The largest absolute Gasteiger partial charge is 1.00 e. The summed E-state index contributed by atoms with van der Waals surface area (Å²) in [4.78, 5) is 24.1. The van der Waals surface area contributed by atoms with Gasteiger partial charge in [-0.1, -0.05) is 23.7 Å². The number of ketones is 1. The Kier molecular flexibility index (Phi) is 10.3. The Morgan fingerprint density at radius 1 is 1.05 bits per heavy atom. The number of hydrogen-bond acceptors (Lipinski definition) is 7. The van der Waals surface area contributed by atoms with Gasteiger partial charge in [-0.05, 0) is 61.2 Å². The van der Waals surface area contributed by atoms with Gasteiger partial charge in [0.2, 0.25) is 0 Å². The zero-order valence-corrected chi connectivity index (χ0v) is 23.8. The van der Waals surface area contributed by atoms with Gasteiger partial charge in [-0.25, -0.2) is 0 Å². The molecule has 9 heteroatoms. The Balaban J connectivity index is 0.00000380. The number of rotatable bonds is 10. The Morgan fingerprint density at radius 3 is 2.49 bits per heavy atom. The molecule has 1 aliphatic rings. The van der Waals surface area contributed by atoms with Gasteiger partial charge in [-0.15, -0.1) is 0 Å². The molecule has 0 bridgehead atoms. The minimum absolute atomic E-state index is 0. The quantitative estimate of drug-likeness (QED) is 0.291. The second-order valence-corrected chi connectivity index (χ2v) is 8.79. The molecule has 0 N–H and O–H groups in total. The fourth-order valence-corrected chi connectivity index (χ4v) is 4.49. The Bertz CT molecular complexity index is 1260. The molecular formula is C28H26ClNaO7. The van der Waals surface area contributed by atoms with Crippen LogP contribution in [0.2, 0.25) is 5.02 Å². The topological polar surface area (TPSA) is 94.1 Å². The Labute approximate surface area is 242 Å². The summed E-state index contributed by atoms with van der Waals surface area (Å²) in [6.07, 6.45) is 2.06. The number of carboxylic acids is 1. The van der Waals surface area contributed by atoms with Gasteiger partial charge in [-0.2, -0.15) is 0 Å². The van der Waals surface area contributed by atoms with Crippen LogP contribution in [0, 0.1) is 0 Å². The summed E-state index contributed by atoms with van der Waals surface area (Å²) in [6, 6.07) is 15.6. The molecule has 0 amide bonds. The van der Waals surface area contributed by atoms with Crippen LogP contribution in [-0.2, 0) is 11.2 Å². The molecular weight excluding hydrogens is 507 g/mol. The van der Waals surface area contributed by atoms with E-state index >= 15 is 0 Å². The van der Waals surface area contributed by atoms with Crippen molar-refractivity contribution in [3.63, 3.8) is 0 Å². The summed E-state index contributed by atoms with van der Waals surface area (Å²) in [7, 11) is 3.20. The maximum Gasteiger partial charge on any atom is 1.00 e. The van der Waals surface area contributed by atoms with Gasteiger partial charge < -0.3 is 28.8 Å². The average Bonchev–Trinajstić information content (AvgIpc) is 2.88. The van der Waals surface area contributed by atoms with Crippen LogP contribution in [0.1, 0.15) is 46.7 Å². The maximum atomic E-state index is 12.7. The predicted octanol–water partition coefficient (Wildman–Crippen LogP) is 1.98. The molecule has 188 valence electrons. The van der Waals surface area contributed by atoms with Gasteiger partial charge in [0.05, 0.1) is 25.8 Å². The van der Waals surface area contributed by atoms with Crippen LogP contribution in [0.25, 0.3) is 0 Å². The average molecular weight is 533 g/mol. The third kappa shape index (κ3) is 6.79. The zero-order chi connectivity index (χ0) is 25.7. The summed E-state index contributed by atoms with van der Waals surface area (Å²) in [5.74, 6) is 0.688. The molecule has 0 saturated heterocycles. The van der Waals surface area contributed by atoms with Crippen LogP contribution in [0.15, 0.2) is 54.6 Å². The van der Waals surface area contributed by atoms with Crippen LogP contribution in [0.3, 0.4) is 0 Å². The van der Waals surface area contributed by atoms with Crippen molar-refractivity contribution < 1.29 is 63.2 Å². The van der Waals surface area contributed by atoms with E-state index in [1.807, 2.05) is 18.2 Å². The van der Waals surface area contributed by atoms with Crippen molar-refractivity contribution in [2.75, 3.05) is 20.8 Å². The van der Waals surface area contributed by atoms with E-state index in [0.717, 1.165) is 5.56 Å². The summed E-state index contributed by atoms with van der Waals surface area (Å²) < 4.78 is 22.3. The number of carbonyl (C=O) groups excluding carboxylic acids is 2. The molecule has 0 aliphatic carbocycles. The molecule has 37 heavy (non-hydrogen) atoms. The molecule has 1 atom stereocenters. The number of Topliss-reactive ketones (excluding diaryl/α,β-unsaturated/α-hetero) is 1. The third-order valence-corrected chi connectivity index (χ3v) is 6.42. The van der Waals surface area contributed by atoms with Crippen LogP contribution >= 0.6 is 11.6 Å². The van der Waals surface area contributed by atoms with Gasteiger partial charge in [0.15, 0.2) is 17.3 Å². The number of aliphatic carboxylic acids is 1. The van der Waals surface area contributed by atoms with E-state index in [-0.39, 0.29) is 47.0 Å². The third-order valence-electron chi connectivity index (χ3n) is 6.13. The molecule has 7 nitrogen and oxygen atoms in total. The molecule has 3 aromatic carbocycles. The van der Waals surface area contributed by atoms with E-state index in [0.29, 0.717) is 65.6 Å². The smallest absolute Gasteiger partial charge is 0.549 e. The predicted molar refractivity (Wildman–Crippen MR) is 133 cm³/mol. The van der Waals surface area contributed by atoms with Gasteiger partial charge in [-0.3, -0.25) is 4.79 Å². The summed E-state index contributed by atoms with van der Waals surface area (Å²) in [5, 5.41) is 11.7. The van der Waals surface area contributed by atoms with Gasteiger partial charge in [0.25, 0.3) is 0 Å². The van der Waals surface area contributed by atoms with E-state index in [9.17, 15) is 14.7 Å². The molecule has 0 saturated carbocycles. The molecule has 3 aromatic rings. The second-order valence-electron chi connectivity index (χ2n) is 8.39. The first-order valence-electron chi connectivity index (χ1n) is 11.6. The summed E-state index contributed by atoms with van der Waals surface area (Å²) in [5.41, 5.74) is 2.05. The van der Waals surface area contributed by atoms with Gasteiger partial charge in [0, 0.05) is 35.5 Å². The Hall–Kier alpha value is -2.71. The summed E-state index contributed by atoms with van der Waals surface area (Å²) in [6.45, 7) is 0.272. The fourth-order valence-electron chi connectivity index (χ4n) is 4.28. The molecule has 0 spiro atoms. The van der Waals surface area contributed by atoms with E-state index in [1.165, 1.54) is 0 Å². The number of carbonyl (C=O) groups is 2. The first-order valence-corrected chi connectivity index (χ1v) is 12.0. The van der Waals surface area contributed by atoms with E-state index < -0.39 is 11.9 Å². The van der Waals surface area contributed by atoms with Gasteiger partial charge in [0.1, 0.15) is 17.2 Å². The number of methoxy groups -OCH3 is 2. The minimum Gasteiger partial charge on any atom is -0.549 e. The van der Waals surface area contributed by atoms with Crippen molar-refractivity contribution in [2.45, 2.75) is 31.6 Å². The normalized spacial score (nSPS) is 14.0. The molecule has 1 unspecified atom stereocenters. The van der Waals surface area contributed by atoms with Crippen molar-refractivity contribution in [3.8, 4) is 28.7 Å². The monoisotopic (exact) mass is 532 g/mol.